The van der Waals surface area contributed by atoms with Crippen LogP contribution in [0.4, 0.5) is 11.4 Å². The zero-order valence-electron chi connectivity index (χ0n) is 10.2. The number of hydrogen-bond donors (Lipinski definition) is 1. The monoisotopic (exact) mass is 229 g/mol. The predicted molar refractivity (Wildman–Crippen MR) is 71.2 cm³/mol. The fourth-order valence-corrected chi connectivity index (χ4v) is 2.17. The van der Waals surface area contributed by atoms with Crippen LogP contribution in [0.5, 0.6) is 0 Å². The van der Waals surface area contributed by atoms with E-state index >= 15 is 0 Å². The molecule has 0 amide bonds. The van der Waals surface area contributed by atoms with Crippen LogP contribution in [0.1, 0.15) is 25.7 Å². The van der Waals surface area contributed by atoms with E-state index in [1.54, 1.807) is 0 Å². The third-order valence-electron chi connectivity index (χ3n) is 3.13. The normalized spacial score (nSPS) is 14.6. The summed E-state index contributed by atoms with van der Waals surface area (Å²) in [6, 6.07) is 10.8. The van der Waals surface area contributed by atoms with Gasteiger partial charge in [0.2, 0.25) is 0 Å². The van der Waals surface area contributed by atoms with Crippen LogP contribution in [0, 0.1) is 11.3 Å². The maximum atomic E-state index is 8.44. The molecule has 0 bridgehead atoms. The van der Waals surface area contributed by atoms with Gasteiger partial charge in [0.1, 0.15) is 0 Å². The summed E-state index contributed by atoms with van der Waals surface area (Å²) in [6.07, 6.45) is 4.16. The molecule has 90 valence electrons. The first kappa shape index (κ1) is 11.8. The summed E-state index contributed by atoms with van der Waals surface area (Å²) in [6.45, 7) is 3.25. The summed E-state index contributed by atoms with van der Waals surface area (Å²) in [5.74, 6) is 0. The summed E-state index contributed by atoms with van der Waals surface area (Å²) >= 11 is 0. The van der Waals surface area contributed by atoms with Crippen molar-refractivity contribution in [2.24, 2.45) is 0 Å². The van der Waals surface area contributed by atoms with Gasteiger partial charge in [-0.3, -0.25) is 0 Å². The Morgan fingerprint density at radius 3 is 2.53 bits per heavy atom. The maximum absolute atomic E-state index is 8.44. The highest BCUT2D eigenvalue weighted by Gasteiger charge is 2.11. The van der Waals surface area contributed by atoms with Gasteiger partial charge < -0.3 is 10.2 Å². The molecule has 2 rings (SSSR count). The van der Waals surface area contributed by atoms with E-state index in [4.69, 9.17) is 5.26 Å². The molecule has 1 heterocycles. The van der Waals surface area contributed by atoms with E-state index in [9.17, 15) is 0 Å². The molecule has 0 saturated carbocycles. The highest BCUT2D eigenvalue weighted by atomic mass is 15.1. The van der Waals surface area contributed by atoms with Gasteiger partial charge in [0.25, 0.3) is 0 Å². The van der Waals surface area contributed by atoms with Gasteiger partial charge in [-0.2, -0.15) is 5.26 Å². The number of nitriles is 1. The maximum Gasteiger partial charge on any atom is 0.0622 e. The summed E-state index contributed by atoms with van der Waals surface area (Å²) < 4.78 is 0. The molecule has 1 aromatic rings. The third kappa shape index (κ3) is 3.39. The van der Waals surface area contributed by atoms with Crippen molar-refractivity contribution in [3.63, 3.8) is 0 Å². The number of nitrogens with one attached hydrogen (secondary N) is 1. The van der Waals surface area contributed by atoms with E-state index in [1.807, 2.05) is 0 Å². The van der Waals surface area contributed by atoms with Gasteiger partial charge in [-0.1, -0.05) is 0 Å². The summed E-state index contributed by atoms with van der Waals surface area (Å²) in [5, 5.41) is 11.8. The molecule has 0 unspecified atom stereocenters. The number of rotatable bonds is 5. The molecular formula is C14H19N3. The second kappa shape index (κ2) is 6.15. The number of benzene rings is 1. The van der Waals surface area contributed by atoms with E-state index in [0.29, 0.717) is 6.42 Å². The molecule has 17 heavy (non-hydrogen) atoms. The highest BCUT2D eigenvalue weighted by Crippen LogP contribution is 2.21. The van der Waals surface area contributed by atoms with Gasteiger partial charge in [-0.05, 0) is 43.5 Å². The SMILES string of the molecule is N#CCCCNc1ccc(N2CCCC2)cc1. The smallest absolute Gasteiger partial charge is 0.0622 e. The van der Waals surface area contributed by atoms with E-state index in [1.165, 1.54) is 31.6 Å². The molecule has 0 atom stereocenters. The van der Waals surface area contributed by atoms with Crippen molar-refractivity contribution in [3.05, 3.63) is 24.3 Å². The number of nitrogens with zero attached hydrogens (tertiary/aromatic N) is 2. The average molecular weight is 229 g/mol. The molecule has 0 aromatic heterocycles. The molecule has 1 aromatic carbocycles. The van der Waals surface area contributed by atoms with Crippen LogP contribution in [0.3, 0.4) is 0 Å². The Morgan fingerprint density at radius 2 is 1.88 bits per heavy atom. The molecule has 3 nitrogen and oxygen atoms in total. The van der Waals surface area contributed by atoms with Crippen LogP contribution in [0.2, 0.25) is 0 Å². The van der Waals surface area contributed by atoms with Crippen LogP contribution < -0.4 is 10.2 Å². The fraction of sp³-hybridized carbons (Fsp3) is 0.500. The van der Waals surface area contributed by atoms with Crippen molar-refractivity contribution in [2.45, 2.75) is 25.7 Å². The van der Waals surface area contributed by atoms with Crippen LogP contribution >= 0.6 is 0 Å². The van der Waals surface area contributed by atoms with Crippen LogP contribution in [-0.4, -0.2) is 19.6 Å². The molecular weight excluding hydrogens is 210 g/mol. The van der Waals surface area contributed by atoms with Crippen molar-refractivity contribution in [2.75, 3.05) is 29.9 Å². The molecule has 1 aliphatic heterocycles. The lowest BCUT2D eigenvalue weighted by atomic mass is 10.2. The Kier molecular flexibility index (Phi) is 4.26. The Morgan fingerprint density at radius 1 is 1.18 bits per heavy atom. The van der Waals surface area contributed by atoms with Crippen molar-refractivity contribution in [3.8, 4) is 6.07 Å². The molecule has 1 fully saturated rings. The van der Waals surface area contributed by atoms with Crippen LogP contribution in [0.15, 0.2) is 24.3 Å². The third-order valence-corrected chi connectivity index (χ3v) is 3.13. The second-order valence-electron chi connectivity index (χ2n) is 4.43. The highest BCUT2D eigenvalue weighted by molar-refractivity contribution is 5.55. The Labute approximate surface area is 103 Å². The summed E-state index contributed by atoms with van der Waals surface area (Å²) in [5.41, 5.74) is 2.47. The number of anilines is 2. The van der Waals surface area contributed by atoms with Gasteiger partial charge in [-0.15, -0.1) is 0 Å². The van der Waals surface area contributed by atoms with Crippen molar-refractivity contribution < 1.29 is 0 Å². The van der Waals surface area contributed by atoms with Gasteiger partial charge in [0, 0.05) is 37.4 Å². The Bertz CT molecular complexity index is 371. The molecule has 1 saturated heterocycles. The first-order chi connectivity index (χ1) is 8.40. The first-order valence-electron chi connectivity index (χ1n) is 6.36. The van der Waals surface area contributed by atoms with Crippen LogP contribution in [-0.2, 0) is 0 Å². The quantitative estimate of drug-likeness (QED) is 0.789. The standard InChI is InChI=1S/C14H19N3/c15-9-1-2-10-16-13-5-7-14(8-6-13)17-11-3-4-12-17/h5-8,16H,1-4,10-12H2. The molecule has 1 aliphatic rings. The molecule has 0 aliphatic carbocycles. The minimum Gasteiger partial charge on any atom is -0.385 e. The first-order valence-corrected chi connectivity index (χ1v) is 6.36. The summed E-state index contributed by atoms with van der Waals surface area (Å²) in [4.78, 5) is 2.43. The minimum absolute atomic E-state index is 0.624. The molecule has 3 heteroatoms. The van der Waals surface area contributed by atoms with Crippen molar-refractivity contribution in [1.29, 1.82) is 5.26 Å². The van der Waals surface area contributed by atoms with E-state index in [2.05, 4.69) is 40.6 Å². The van der Waals surface area contributed by atoms with E-state index in [-0.39, 0.29) is 0 Å². The molecule has 0 radical (unpaired) electrons. The average Bonchev–Trinajstić information content (AvgIpc) is 2.89. The summed E-state index contributed by atoms with van der Waals surface area (Å²) in [7, 11) is 0. The van der Waals surface area contributed by atoms with Gasteiger partial charge in [-0.25, -0.2) is 0 Å². The topological polar surface area (TPSA) is 39.1 Å². The predicted octanol–water partition coefficient (Wildman–Crippen LogP) is 3.00. The minimum atomic E-state index is 0.624. The largest absolute Gasteiger partial charge is 0.385 e. The lowest BCUT2D eigenvalue weighted by molar-refractivity contribution is 0.897. The van der Waals surface area contributed by atoms with Gasteiger partial charge >= 0.3 is 0 Å². The zero-order valence-corrected chi connectivity index (χ0v) is 10.2. The fourth-order valence-electron chi connectivity index (χ4n) is 2.17. The van der Waals surface area contributed by atoms with Gasteiger partial charge in [0.05, 0.1) is 6.07 Å². The number of unbranched alkanes of at least 4 members (excludes halogenated alkanes) is 1. The van der Waals surface area contributed by atoms with Crippen molar-refractivity contribution >= 4 is 11.4 Å². The lowest BCUT2D eigenvalue weighted by Crippen LogP contribution is -2.17. The van der Waals surface area contributed by atoms with Crippen molar-refractivity contribution in [1.82, 2.24) is 0 Å². The van der Waals surface area contributed by atoms with Gasteiger partial charge in [0.15, 0.2) is 0 Å². The Hall–Kier alpha value is -1.69. The molecule has 1 N–H and O–H groups in total. The van der Waals surface area contributed by atoms with Crippen LogP contribution in [0.25, 0.3) is 0 Å². The second-order valence-corrected chi connectivity index (χ2v) is 4.43. The zero-order chi connectivity index (χ0) is 11.9. The molecule has 0 spiro atoms. The van der Waals surface area contributed by atoms with E-state index < -0.39 is 0 Å². The Balaban J connectivity index is 1.83. The van der Waals surface area contributed by atoms with E-state index in [0.717, 1.165) is 18.7 Å². The lowest BCUT2D eigenvalue weighted by Gasteiger charge is -2.17. The number of hydrogen-bond acceptors (Lipinski definition) is 3.